The van der Waals surface area contributed by atoms with Crippen LogP contribution >= 0.6 is 0 Å². The summed E-state index contributed by atoms with van der Waals surface area (Å²) >= 11 is 0. The zero-order chi connectivity index (χ0) is 26.1. The molecule has 5 rings (SSSR count). The van der Waals surface area contributed by atoms with Crippen molar-refractivity contribution in [1.82, 2.24) is 25.6 Å². The predicted octanol–water partition coefficient (Wildman–Crippen LogP) is 3.43. The van der Waals surface area contributed by atoms with Crippen LogP contribution in [0.25, 0.3) is 22.3 Å². The molecule has 0 bridgehead atoms. The zero-order valence-corrected chi connectivity index (χ0v) is 21.6. The molecule has 3 aromatic rings. The molecule has 2 amide bonds. The number of nitrogens with one attached hydrogen (secondary N) is 3. The Morgan fingerprint density at radius 2 is 1.95 bits per heavy atom. The summed E-state index contributed by atoms with van der Waals surface area (Å²) in [7, 11) is 0. The maximum atomic E-state index is 13.5. The average Bonchev–Trinajstić information content (AvgIpc) is 3.64. The molecule has 4 N–H and O–H groups in total. The van der Waals surface area contributed by atoms with Gasteiger partial charge in [0.1, 0.15) is 29.9 Å². The van der Waals surface area contributed by atoms with Crippen molar-refractivity contribution in [3.8, 4) is 17.0 Å². The fourth-order valence-corrected chi connectivity index (χ4v) is 5.30. The second-order valence-electron chi connectivity index (χ2n) is 10.6. The molecular formula is C28H35N5O4. The van der Waals surface area contributed by atoms with Gasteiger partial charge in [-0.05, 0) is 69.9 Å². The summed E-state index contributed by atoms with van der Waals surface area (Å²) in [5.41, 5.74) is 5.27. The van der Waals surface area contributed by atoms with Crippen LogP contribution in [0.15, 0.2) is 24.5 Å². The minimum atomic E-state index is -0.510. The molecule has 1 aromatic carbocycles. The van der Waals surface area contributed by atoms with E-state index in [1.807, 2.05) is 26.0 Å². The van der Waals surface area contributed by atoms with E-state index in [1.165, 1.54) is 19.2 Å². The maximum Gasteiger partial charge on any atom is 0.255 e. The van der Waals surface area contributed by atoms with Gasteiger partial charge in [0.15, 0.2) is 0 Å². The monoisotopic (exact) mass is 505 g/mol. The molecule has 196 valence electrons. The van der Waals surface area contributed by atoms with Crippen molar-refractivity contribution < 1.29 is 19.4 Å². The first-order valence-corrected chi connectivity index (χ1v) is 13.1. The zero-order valence-electron chi connectivity index (χ0n) is 21.6. The lowest BCUT2D eigenvalue weighted by molar-refractivity contribution is -0.125. The lowest BCUT2D eigenvalue weighted by Gasteiger charge is -2.34. The number of fused-ring (bicyclic) bond motifs is 1. The Bertz CT molecular complexity index is 1320. The van der Waals surface area contributed by atoms with Crippen molar-refractivity contribution in [3.05, 3.63) is 41.3 Å². The van der Waals surface area contributed by atoms with Gasteiger partial charge in [-0.1, -0.05) is 18.6 Å². The van der Waals surface area contributed by atoms with Gasteiger partial charge >= 0.3 is 0 Å². The molecule has 2 aliphatic carbocycles. The molecule has 0 unspecified atom stereocenters. The average molecular weight is 506 g/mol. The Morgan fingerprint density at radius 3 is 2.68 bits per heavy atom. The number of aliphatic hydroxyl groups is 1. The van der Waals surface area contributed by atoms with Crippen LogP contribution in [-0.4, -0.2) is 57.2 Å². The summed E-state index contributed by atoms with van der Waals surface area (Å²) in [5, 5.41) is 15.1. The summed E-state index contributed by atoms with van der Waals surface area (Å²) in [5.74, 6) is 1.07. The number of H-pyrrole nitrogens is 1. The number of rotatable bonds is 8. The molecule has 0 radical (unpaired) electrons. The van der Waals surface area contributed by atoms with Gasteiger partial charge < -0.3 is 25.5 Å². The first kappa shape index (κ1) is 25.2. The van der Waals surface area contributed by atoms with E-state index in [-0.39, 0.29) is 29.8 Å². The molecular weight excluding hydrogens is 470 g/mol. The van der Waals surface area contributed by atoms with Crippen LogP contribution in [0.3, 0.4) is 0 Å². The molecule has 9 heteroatoms. The smallest absolute Gasteiger partial charge is 0.255 e. The van der Waals surface area contributed by atoms with Crippen molar-refractivity contribution in [2.45, 2.75) is 65.0 Å². The predicted molar refractivity (Wildman–Crippen MR) is 140 cm³/mol. The van der Waals surface area contributed by atoms with Gasteiger partial charge in [0.25, 0.3) is 5.91 Å². The number of amides is 2. The maximum absolute atomic E-state index is 13.5. The van der Waals surface area contributed by atoms with Crippen LogP contribution in [0.1, 0.15) is 60.6 Å². The second-order valence-corrected chi connectivity index (χ2v) is 10.6. The van der Waals surface area contributed by atoms with Crippen LogP contribution in [0.2, 0.25) is 0 Å². The van der Waals surface area contributed by atoms with E-state index in [4.69, 9.17) is 9.84 Å². The van der Waals surface area contributed by atoms with E-state index in [2.05, 4.69) is 38.6 Å². The molecule has 3 atom stereocenters. The van der Waals surface area contributed by atoms with E-state index in [0.29, 0.717) is 23.6 Å². The van der Waals surface area contributed by atoms with E-state index >= 15 is 0 Å². The highest BCUT2D eigenvalue weighted by Crippen LogP contribution is 2.37. The second kappa shape index (κ2) is 10.5. The number of carbonyl (C=O) groups is 2. The van der Waals surface area contributed by atoms with E-state index in [0.717, 1.165) is 53.0 Å². The van der Waals surface area contributed by atoms with Crippen molar-refractivity contribution >= 4 is 22.8 Å². The molecule has 2 aliphatic rings. The molecule has 9 nitrogen and oxygen atoms in total. The third kappa shape index (κ3) is 5.46. The van der Waals surface area contributed by atoms with Crippen molar-refractivity contribution in [1.29, 1.82) is 0 Å². The standard InChI is InChI=1S/C28H35N5O4/c1-15-4-9-22(37-13-18-5-6-18)20(10-15)25-27-26(30-14-29-25)24(17(3)31-27)28(36)32-19-7-8-21(16(2)11-19)33-23(35)12-34/h4,9-10,14,16,18-19,21,31,34H,5-8,11-13H2,1-3H3,(H,32,36)(H,33,35)/t16-,19-,21+/m1/s1. The summed E-state index contributed by atoms with van der Waals surface area (Å²) in [6.45, 7) is 6.17. The molecule has 2 aromatic heterocycles. The fourth-order valence-electron chi connectivity index (χ4n) is 5.30. The van der Waals surface area contributed by atoms with E-state index in [1.54, 1.807) is 0 Å². The normalized spacial score (nSPS) is 21.6. The van der Waals surface area contributed by atoms with E-state index < -0.39 is 6.61 Å². The van der Waals surface area contributed by atoms with E-state index in [9.17, 15) is 9.59 Å². The fraction of sp³-hybridized carbons (Fsp3) is 0.500. The van der Waals surface area contributed by atoms with Gasteiger partial charge in [-0.3, -0.25) is 9.59 Å². The lowest BCUT2D eigenvalue weighted by Crippen LogP contribution is -2.48. The highest BCUT2D eigenvalue weighted by molar-refractivity contribution is 6.09. The highest BCUT2D eigenvalue weighted by atomic mass is 16.5. The van der Waals surface area contributed by atoms with Crippen LogP contribution in [-0.2, 0) is 4.79 Å². The Hall–Kier alpha value is -3.46. The van der Waals surface area contributed by atoms with Gasteiger partial charge in [-0.25, -0.2) is 9.97 Å². The van der Waals surface area contributed by atoms with Crippen LogP contribution < -0.4 is 15.4 Å². The number of aryl methyl sites for hydroxylation is 2. The minimum Gasteiger partial charge on any atom is -0.493 e. The third-order valence-corrected chi connectivity index (χ3v) is 7.55. The van der Waals surface area contributed by atoms with Gasteiger partial charge in [0.2, 0.25) is 5.91 Å². The molecule has 0 spiro atoms. The Kier molecular flexibility index (Phi) is 7.15. The largest absolute Gasteiger partial charge is 0.493 e. The number of hydrogen-bond acceptors (Lipinski definition) is 6. The Labute approximate surface area is 216 Å². The van der Waals surface area contributed by atoms with Crippen molar-refractivity contribution in [2.75, 3.05) is 13.2 Å². The van der Waals surface area contributed by atoms with Crippen LogP contribution in [0, 0.1) is 25.7 Å². The highest BCUT2D eigenvalue weighted by Gasteiger charge is 2.31. The van der Waals surface area contributed by atoms with Gasteiger partial charge in [0.05, 0.1) is 17.7 Å². The SMILES string of the molecule is Cc1ccc(OCC2CC2)c(-c2ncnc3c(C(=O)N[C@@H]4CC[C@H](NC(=O)CO)[C@H](C)C4)c(C)[nH]c23)c1. The number of aromatic amines is 1. The third-order valence-electron chi connectivity index (χ3n) is 7.55. The number of carbonyl (C=O) groups excluding carboxylic acids is 2. The number of aromatic nitrogens is 3. The molecule has 0 saturated heterocycles. The molecule has 37 heavy (non-hydrogen) atoms. The first-order valence-electron chi connectivity index (χ1n) is 13.1. The van der Waals surface area contributed by atoms with Crippen molar-refractivity contribution in [2.24, 2.45) is 11.8 Å². The molecule has 2 saturated carbocycles. The Balaban J connectivity index is 1.38. The number of aliphatic hydroxyl groups excluding tert-OH is 1. The molecule has 0 aliphatic heterocycles. The summed E-state index contributed by atoms with van der Waals surface area (Å²) in [6, 6.07) is 6.09. The van der Waals surface area contributed by atoms with Crippen LogP contribution in [0.4, 0.5) is 0 Å². The minimum absolute atomic E-state index is 0.00332. The number of nitrogens with zero attached hydrogens (tertiary/aromatic N) is 2. The topological polar surface area (TPSA) is 129 Å². The quantitative estimate of drug-likeness (QED) is 0.371. The number of ether oxygens (including phenoxy) is 1. The van der Waals surface area contributed by atoms with Crippen molar-refractivity contribution in [3.63, 3.8) is 0 Å². The summed E-state index contributed by atoms with van der Waals surface area (Å²) < 4.78 is 6.16. The lowest BCUT2D eigenvalue weighted by atomic mass is 9.82. The Morgan fingerprint density at radius 1 is 1.14 bits per heavy atom. The first-order chi connectivity index (χ1) is 17.8. The number of hydrogen-bond donors (Lipinski definition) is 4. The van der Waals surface area contributed by atoms with Gasteiger partial charge in [-0.15, -0.1) is 0 Å². The molecule has 2 fully saturated rings. The van der Waals surface area contributed by atoms with Gasteiger partial charge in [0, 0.05) is 23.3 Å². The summed E-state index contributed by atoms with van der Waals surface area (Å²) in [4.78, 5) is 37.5. The number of benzene rings is 1. The summed E-state index contributed by atoms with van der Waals surface area (Å²) in [6.07, 6.45) is 6.17. The van der Waals surface area contributed by atoms with Crippen LogP contribution in [0.5, 0.6) is 5.75 Å². The van der Waals surface area contributed by atoms with Gasteiger partial charge in [-0.2, -0.15) is 0 Å². The molecule has 2 heterocycles.